The molecule has 28 heavy (non-hydrogen) atoms. The SMILES string of the molecule is CCN(CC)CCn1c2ccccc2c2c(C)c3cnccc3c(C)c21.Cl.Cl. The maximum absolute atomic E-state index is 4.38. The number of aryl methyl sites for hydroxylation is 2. The van der Waals surface area contributed by atoms with Gasteiger partial charge in [-0.3, -0.25) is 4.98 Å². The second-order valence-electron chi connectivity index (χ2n) is 7.09. The molecule has 0 unspecified atom stereocenters. The van der Waals surface area contributed by atoms with E-state index in [4.69, 9.17) is 0 Å². The Morgan fingerprint density at radius 2 is 1.61 bits per heavy atom. The van der Waals surface area contributed by atoms with Crippen LogP contribution in [0.1, 0.15) is 25.0 Å². The van der Waals surface area contributed by atoms with E-state index in [0.29, 0.717) is 0 Å². The van der Waals surface area contributed by atoms with Crippen LogP contribution in [0, 0.1) is 13.8 Å². The Morgan fingerprint density at radius 3 is 2.32 bits per heavy atom. The first-order chi connectivity index (χ1) is 12.7. The zero-order chi connectivity index (χ0) is 18.3. The fraction of sp³-hybridized carbons (Fsp3) is 0.348. The van der Waals surface area contributed by atoms with Gasteiger partial charge in [-0.2, -0.15) is 0 Å². The summed E-state index contributed by atoms with van der Waals surface area (Å²) in [4.78, 5) is 6.87. The van der Waals surface area contributed by atoms with Gasteiger partial charge in [-0.1, -0.05) is 32.0 Å². The van der Waals surface area contributed by atoms with Crippen LogP contribution in [0.25, 0.3) is 32.6 Å². The molecule has 0 aliphatic carbocycles. The molecule has 0 aliphatic rings. The number of likely N-dealkylation sites (N-methyl/N-ethyl adjacent to an activating group) is 1. The Kier molecular flexibility index (Phi) is 7.33. The van der Waals surface area contributed by atoms with Gasteiger partial charge in [0.25, 0.3) is 0 Å². The molecule has 4 rings (SSSR count). The molecule has 2 heterocycles. The third kappa shape index (κ3) is 3.47. The number of hydrogen-bond acceptors (Lipinski definition) is 2. The molecule has 4 aromatic rings. The summed E-state index contributed by atoms with van der Waals surface area (Å²) >= 11 is 0. The minimum Gasteiger partial charge on any atom is -0.339 e. The van der Waals surface area contributed by atoms with E-state index in [1.165, 1.54) is 43.7 Å². The third-order valence-electron chi connectivity index (χ3n) is 5.86. The highest BCUT2D eigenvalue weighted by Gasteiger charge is 2.18. The van der Waals surface area contributed by atoms with Gasteiger partial charge in [-0.15, -0.1) is 24.8 Å². The molecule has 0 spiro atoms. The lowest BCUT2D eigenvalue weighted by Gasteiger charge is -2.20. The lowest BCUT2D eigenvalue weighted by molar-refractivity contribution is 0.293. The van der Waals surface area contributed by atoms with Crippen LogP contribution in [-0.4, -0.2) is 34.1 Å². The normalized spacial score (nSPS) is 11.2. The van der Waals surface area contributed by atoms with Crippen molar-refractivity contribution in [3.05, 3.63) is 53.9 Å². The highest BCUT2D eigenvalue weighted by Crippen LogP contribution is 2.38. The van der Waals surface area contributed by atoms with E-state index in [0.717, 1.165) is 26.2 Å². The number of halogens is 2. The minimum atomic E-state index is 0. The summed E-state index contributed by atoms with van der Waals surface area (Å²) in [6, 6.07) is 11.0. The van der Waals surface area contributed by atoms with E-state index in [1.54, 1.807) is 0 Å². The number of hydrogen-bond donors (Lipinski definition) is 0. The third-order valence-corrected chi connectivity index (χ3v) is 5.86. The Labute approximate surface area is 179 Å². The van der Waals surface area contributed by atoms with Gasteiger partial charge in [0.05, 0.1) is 5.52 Å². The fourth-order valence-corrected chi connectivity index (χ4v) is 4.37. The van der Waals surface area contributed by atoms with Crippen LogP contribution in [0.15, 0.2) is 42.7 Å². The van der Waals surface area contributed by atoms with Crippen LogP contribution < -0.4 is 0 Å². The molecule has 3 nitrogen and oxygen atoms in total. The molecule has 150 valence electrons. The van der Waals surface area contributed by atoms with E-state index in [1.807, 2.05) is 12.4 Å². The molecule has 0 bridgehead atoms. The predicted octanol–water partition coefficient (Wildman–Crippen LogP) is 6.14. The van der Waals surface area contributed by atoms with Crippen molar-refractivity contribution in [1.82, 2.24) is 14.5 Å². The lowest BCUT2D eigenvalue weighted by Crippen LogP contribution is -2.27. The second kappa shape index (κ2) is 9.13. The van der Waals surface area contributed by atoms with E-state index in [-0.39, 0.29) is 24.8 Å². The summed E-state index contributed by atoms with van der Waals surface area (Å²) in [6.45, 7) is 13.3. The lowest BCUT2D eigenvalue weighted by atomic mass is 9.97. The van der Waals surface area contributed by atoms with Crippen LogP contribution >= 0.6 is 24.8 Å². The molecule has 0 radical (unpaired) electrons. The van der Waals surface area contributed by atoms with Gasteiger partial charge in [0.1, 0.15) is 0 Å². The molecule has 0 saturated carbocycles. The number of fused-ring (bicyclic) bond motifs is 4. The van der Waals surface area contributed by atoms with Crippen LogP contribution in [0.3, 0.4) is 0 Å². The molecular formula is C23H29Cl2N3. The summed E-state index contributed by atoms with van der Waals surface area (Å²) in [6.07, 6.45) is 3.92. The molecule has 0 saturated heterocycles. The Morgan fingerprint density at radius 1 is 0.893 bits per heavy atom. The van der Waals surface area contributed by atoms with Crippen molar-refractivity contribution in [2.24, 2.45) is 0 Å². The van der Waals surface area contributed by atoms with Crippen molar-refractivity contribution in [1.29, 1.82) is 0 Å². The first-order valence-electron chi connectivity index (χ1n) is 9.63. The van der Waals surface area contributed by atoms with Gasteiger partial charge >= 0.3 is 0 Å². The average molecular weight is 418 g/mol. The summed E-state index contributed by atoms with van der Waals surface area (Å²) in [5.74, 6) is 0. The first kappa shape index (κ1) is 22.5. The van der Waals surface area contributed by atoms with Crippen LogP contribution in [0.4, 0.5) is 0 Å². The largest absolute Gasteiger partial charge is 0.339 e. The number of aromatic nitrogens is 2. The van der Waals surface area contributed by atoms with E-state index in [2.05, 4.69) is 72.5 Å². The van der Waals surface area contributed by atoms with Gasteiger partial charge in [0, 0.05) is 47.2 Å². The maximum Gasteiger partial charge on any atom is 0.0530 e. The topological polar surface area (TPSA) is 21.1 Å². The summed E-state index contributed by atoms with van der Waals surface area (Å²) in [7, 11) is 0. The van der Waals surface area contributed by atoms with Crippen LogP contribution in [0.5, 0.6) is 0 Å². The Balaban J connectivity index is 0.00000140. The van der Waals surface area contributed by atoms with Gasteiger partial charge in [0.2, 0.25) is 0 Å². The monoisotopic (exact) mass is 417 g/mol. The van der Waals surface area contributed by atoms with Gasteiger partial charge < -0.3 is 9.47 Å². The molecule has 2 aromatic heterocycles. The average Bonchev–Trinajstić information content (AvgIpc) is 3.02. The zero-order valence-corrected chi connectivity index (χ0v) is 18.7. The number of para-hydroxylation sites is 1. The van der Waals surface area contributed by atoms with Crippen molar-refractivity contribution < 1.29 is 0 Å². The minimum absolute atomic E-state index is 0. The van der Waals surface area contributed by atoms with Crippen molar-refractivity contribution in [2.45, 2.75) is 34.2 Å². The quantitative estimate of drug-likeness (QED) is 0.388. The molecule has 0 N–H and O–H groups in total. The zero-order valence-electron chi connectivity index (χ0n) is 17.0. The number of rotatable bonds is 5. The summed E-state index contributed by atoms with van der Waals surface area (Å²) < 4.78 is 2.53. The van der Waals surface area contributed by atoms with Crippen molar-refractivity contribution >= 4 is 57.4 Å². The number of benzene rings is 2. The molecule has 0 atom stereocenters. The Bertz CT molecular complexity index is 1100. The molecule has 0 amide bonds. The van der Waals surface area contributed by atoms with Gasteiger partial charge in [0.15, 0.2) is 0 Å². The number of pyridine rings is 1. The highest BCUT2D eigenvalue weighted by atomic mass is 35.5. The molecule has 0 aliphatic heterocycles. The standard InChI is InChI=1S/C23H27N3.2ClH/c1-5-25(6-2)13-14-26-21-10-8-7-9-19(21)22-16(3)20-15-24-12-11-18(20)17(4)23(22)26;;/h7-12,15H,5-6,13-14H2,1-4H3;2*1H. The summed E-state index contributed by atoms with van der Waals surface area (Å²) in [5.41, 5.74) is 5.42. The predicted molar refractivity (Wildman–Crippen MR) is 127 cm³/mol. The van der Waals surface area contributed by atoms with Crippen LogP contribution in [-0.2, 0) is 6.54 Å². The molecule has 2 aromatic carbocycles. The fourth-order valence-electron chi connectivity index (χ4n) is 4.37. The summed E-state index contributed by atoms with van der Waals surface area (Å²) in [5, 5.41) is 5.33. The van der Waals surface area contributed by atoms with Gasteiger partial charge in [-0.25, -0.2) is 0 Å². The maximum atomic E-state index is 4.38. The molecule has 0 fully saturated rings. The van der Waals surface area contributed by atoms with Gasteiger partial charge in [-0.05, 0) is 55.6 Å². The van der Waals surface area contributed by atoms with Crippen LogP contribution in [0.2, 0.25) is 0 Å². The van der Waals surface area contributed by atoms with E-state index in [9.17, 15) is 0 Å². The van der Waals surface area contributed by atoms with Crippen molar-refractivity contribution in [3.8, 4) is 0 Å². The smallest absolute Gasteiger partial charge is 0.0530 e. The van der Waals surface area contributed by atoms with Crippen molar-refractivity contribution in [3.63, 3.8) is 0 Å². The number of nitrogens with zero attached hydrogens (tertiary/aromatic N) is 3. The molecule has 5 heteroatoms. The second-order valence-corrected chi connectivity index (χ2v) is 7.09. The van der Waals surface area contributed by atoms with E-state index >= 15 is 0 Å². The van der Waals surface area contributed by atoms with E-state index < -0.39 is 0 Å². The first-order valence-corrected chi connectivity index (χ1v) is 9.63. The molecular weight excluding hydrogens is 389 g/mol. The Hall–Kier alpha value is -1.81. The van der Waals surface area contributed by atoms with Crippen molar-refractivity contribution in [2.75, 3.05) is 19.6 Å². The highest BCUT2D eigenvalue weighted by molar-refractivity contribution is 6.16.